The highest BCUT2D eigenvalue weighted by Gasteiger charge is 2.18. The van der Waals surface area contributed by atoms with E-state index in [0.29, 0.717) is 5.13 Å². The van der Waals surface area contributed by atoms with Gasteiger partial charge in [0.2, 0.25) is 0 Å². The zero-order valence-corrected chi connectivity index (χ0v) is 14.0. The van der Waals surface area contributed by atoms with Gasteiger partial charge in [0, 0.05) is 28.2 Å². The molecule has 116 valence electrons. The number of carbonyl (C=O) groups is 1. The van der Waals surface area contributed by atoms with Crippen molar-refractivity contribution in [3.05, 3.63) is 51.3 Å². The highest BCUT2D eigenvalue weighted by Crippen LogP contribution is 2.31. The standard InChI is InChI=1S/C17H15N3OS2/c21-16(15-8-11-4-1-2-6-14(11)23-15)20-17-19-13(10-22-17)12-5-3-7-18-9-12/h3,5,7-10H,1-2,4,6H2,(H,19,20,21). The minimum Gasteiger partial charge on any atom is -0.297 e. The zero-order chi connectivity index (χ0) is 15.6. The van der Waals surface area contributed by atoms with Crippen molar-refractivity contribution in [1.29, 1.82) is 0 Å². The van der Waals surface area contributed by atoms with Crippen LogP contribution in [-0.4, -0.2) is 15.9 Å². The van der Waals surface area contributed by atoms with Crippen LogP contribution in [0.1, 0.15) is 33.0 Å². The molecule has 6 heteroatoms. The molecule has 0 aromatic carbocycles. The Morgan fingerprint density at radius 2 is 2.17 bits per heavy atom. The summed E-state index contributed by atoms with van der Waals surface area (Å²) in [7, 11) is 0. The SMILES string of the molecule is O=C(Nc1nc(-c2cccnc2)cs1)c1cc2c(s1)CCCC2. The van der Waals surface area contributed by atoms with Crippen LogP contribution in [0.15, 0.2) is 36.0 Å². The maximum Gasteiger partial charge on any atom is 0.267 e. The van der Waals surface area contributed by atoms with Crippen molar-refractivity contribution < 1.29 is 4.79 Å². The van der Waals surface area contributed by atoms with Crippen LogP contribution in [0.25, 0.3) is 11.3 Å². The average molecular weight is 341 g/mol. The number of carbonyl (C=O) groups excluding carboxylic acids is 1. The fraction of sp³-hybridized carbons (Fsp3) is 0.235. The Bertz CT molecular complexity index is 815. The Balaban J connectivity index is 1.51. The number of nitrogens with zero attached hydrogens (tertiary/aromatic N) is 2. The largest absolute Gasteiger partial charge is 0.297 e. The van der Waals surface area contributed by atoms with E-state index in [2.05, 4.69) is 15.3 Å². The first-order valence-electron chi connectivity index (χ1n) is 7.58. The topological polar surface area (TPSA) is 54.9 Å². The summed E-state index contributed by atoms with van der Waals surface area (Å²) in [6, 6.07) is 5.88. The molecule has 0 saturated heterocycles. The molecule has 4 nitrogen and oxygen atoms in total. The number of nitrogens with one attached hydrogen (secondary N) is 1. The number of hydrogen-bond donors (Lipinski definition) is 1. The first-order valence-corrected chi connectivity index (χ1v) is 9.28. The number of rotatable bonds is 3. The molecule has 4 rings (SSSR count). The molecule has 1 aliphatic rings. The third kappa shape index (κ3) is 3.04. The minimum atomic E-state index is -0.0588. The lowest BCUT2D eigenvalue weighted by Crippen LogP contribution is -2.09. The van der Waals surface area contributed by atoms with Crippen LogP contribution in [0.4, 0.5) is 5.13 Å². The lowest BCUT2D eigenvalue weighted by atomic mass is 9.99. The molecule has 1 N–H and O–H groups in total. The molecule has 0 unspecified atom stereocenters. The number of thiophene rings is 1. The van der Waals surface area contributed by atoms with Gasteiger partial charge in [0.25, 0.3) is 5.91 Å². The van der Waals surface area contributed by atoms with Gasteiger partial charge >= 0.3 is 0 Å². The normalized spacial score (nSPS) is 13.6. The molecule has 3 aromatic heterocycles. The van der Waals surface area contributed by atoms with Gasteiger partial charge < -0.3 is 0 Å². The lowest BCUT2D eigenvalue weighted by molar-refractivity contribution is 0.103. The van der Waals surface area contributed by atoms with Gasteiger partial charge in [-0.1, -0.05) is 0 Å². The van der Waals surface area contributed by atoms with E-state index in [1.165, 1.54) is 34.6 Å². The molecule has 0 spiro atoms. The second kappa shape index (κ2) is 6.22. The first kappa shape index (κ1) is 14.5. The van der Waals surface area contributed by atoms with E-state index >= 15 is 0 Å². The molecule has 0 saturated carbocycles. The number of pyridine rings is 1. The summed E-state index contributed by atoms with van der Waals surface area (Å²) < 4.78 is 0. The smallest absolute Gasteiger partial charge is 0.267 e. The van der Waals surface area contributed by atoms with Crippen molar-refractivity contribution in [1.82, 2.24) is 9.97 Å². The predicted octanol–water partition coefficient (Wildman–Crippen LogP) is 4.40. The van der Waals surface area contributed by atoms with Crippen LogP contribution in [0.2, 0.25) is 0 Å². The summed E-state index contributed by atoms with van der Waals surface area (Å²) in [5.41, 5.74) is 3.14. The summed E-state index contributed by atoms with van der Waals surface area (Å²) in [6.45, 7) is 0. The second-order valence-electron chi connectivity index (χ2n) is 5.50. The predicted molar refractivity (Wildman–Crippen MR) is 94.3 cm³/mol. The molecule has 0 atom stereocenters. The summed E-state index contributed by atoms with van der Waals surface area (Å²) in [6.07, 6.45) is 8.17. The van der Waals surface area contributed by atoms with Crippen molar-refractivity contribution in [3.63, 3.8) is 0 Å². The molecule has 0 fully saturated rings. The summed E-state index contributed by atoms with van der Waals surface area (Å²) in [5.74, 6) is -0.0588. The minimum absolute atomic E-state index is 0.0588. The first-order chi connectivity index (χ1) is 11.3. The number of fused-ring (bicyclic) bond motifs is 1. The molecule has 23 heavy (non-hydrogen) atoms. The Morgan fingerprint density at radius 1 is 1.26 bits per heavy atom. The molecular weight excluding hydrogens is 326 g/mol. The number of anilines is 1. The molecule has 1 amide bonds. The molecule has 0 radical (unpaired) electrons. The molecule has 0 bridgehead atoms. The van der Waals surface area contributed by atoms with Crippen molar-refractivity contribution in [3.8, 4) is 11.3 Å². The summed E-state index contributed by atoms with van der Waals surface area (Å²) >= 11 is 3.06. The van der Waals surface area contributed by atoms with Crippen LogP contribution >= 0.6 is 22.7 Å². The average Bonchev–Trinajstić information content (AvgIpc) is 3.22. The Morgan fingerprint density at radius 3 is 3.00 bits per heavy atom. The summed E-state index contributed by atoms with van der Waals surface area (Å²) in [5, 5.41) is 5.48. The van der Waals surface area contributed by atoms with Gasteiger partial charge in [-0.25, -0.2) is 4.98 Å². The zero-order valence-electron chi connectivity index (χ0n) is 12.4. The maximum absolute atomic E-state index is 12.4. The van der Waals surface area contributed by atoms with Crippen LogP contribution in [0.3, 0.4) is 0 Å². The van der Waals surface area contributed by atoms with Crippen molar-refractivity contribution >= 4 is 33.7 Å². The number of aryl methyl sites for hydroxylation is 2. The fourth-order valence-corrected chi connectivity index (χ4v) is 4.60. The molecular formula is C17H15N3OS2. The van der Waals surface area contributed by atoms with Gasteiger partial charge in [-0.3, -0.25) is 15.1 Å². The molecule has 0 aliphatic heterocycles. The summed E-state index contributed by atoms with van der Waals surface area (Å²) in [4.78, 5) is 23.2. The molecule has 1 aliphatic carbocycles. The van der Waals surface area contributed by atoms with E-state index in [1.54, 1.807) is 23.7 Å². The quantitative estimate of drug-likeness (QED) is 0.768. The molecule has 3 heterocycles. The van der Waals surface area contributed by atoms with Crippen molar-refractivity contribution in [2.24, 2.45) is 0 Å². The number of amides is 1. The highest BCUT2D eigenvalue weighted by molar-refractivity contribution is 7.15. The Kier molecular flexibility index (Phi) is 3.93. The number of hydrogen-bond acceptors (Lipinski definition) is 5. The van der Waals surface area contributed by atoms with E-state index in [0.717, 1.165) is 29.0 Å². The Labute approximate surface area is 142 Å². The van der Waals surface area contributed by atoms with E-state index in [4.69, 9.17) is 0 Å². The van der Waals surface area contributed by atoms with Gasteiger partial charge in [0.15, 0.2) is 5.13 Å². The maximum atomic E-state index is 12.4. The third-order valence-corrected chi connectivity index (χ3v) is 5.90. The number of aromatic nitrogens is 2. The Hall–Kier alpha value is -2.05. The van der Waals surface area contributed by atoms with Crippen LogP contribution in [0.5, 0.6) is 0 Å². The van der Waals surface area contributed by atoms with Gasteiger partial charge in [-0.05, 0) is 49.4 Å². The van der Waals surface area contributed by atoms with E-state index < -0.39 is 0 Å². The van der Waals surface area contributed by atoms with Crippen LogP contribution < -0.4 is 5.32 Å². The highest BCUT2D eigenvalue weighted by atomic mass is 32.1. The lowest BCUT2D eigenvalue weighted by Gasteiger charge is -2.08. The van der Waals surface area contributed by atoms with Gasteiger partial charge in [0.1, 0.15) is 0 Å². The monoisotopic (exact) mass is 341 g/mol. The molecule has 3 aromatic rings. The van der Waals surface area contributed by atoms with Crippen LogP contribution in [0, 0.1) is 0 Å². The van der Waals surface area contributed by atoms with E-state index in [-0.39, 0.29) is 5.91 Å². The third-order valence-electron chi connectivity index (χ3n) is 3.90. The van der Waals surface area contributed by atoms with Gasteiger partial charge in [-0.2, -0.15) is 0 Å². The van der Waals surface area contributed by atoms with Gasteiger partial charge in [0.05, 0.1) is 10.6 Å². The van der Waals surface area contributed by atoms with E-state index in [1.807, 2.05) is 23.6 Å². The van der Waals surface area contributed by atoms with Crippen LogP contribution in [-0.2, 0) is 12.8 Å². The van der Waals surface area contributed by atoms with Crippen molar-refractivity contribution in [2.75, 3.05) is 5.32 Å². The van der Waals surface area contributed by atoms with E-state index in [9.17, 15) is 4.79 Å². The second-order valence-corrected chi connectivity index (χ2v) is 7.49. The van der Waals surface area contributed by atoms with Gasteiger partial charge in [-0.15, -0.1) is 22.7 Å². The number of thiazole rings is 1. The fourth-order valence-electron chi connectivity index (χ4n) is 2.74. The van der Waals surface area contributed by atoms with Crippen molar-refractivity contribution in [2.45, 2.75) is 25.7 Å².